The Labute approximate surface area is 110 Å². The summed E-state index contributed by atoms with van der Waals surface area (Å²) in [7, 11) is 0. The van der Waals surface area contributed by atoms with Crippen molar-refractivity contribution in [2.45, 2.75) is 19.8 Å². The van der Waals surface area contributed by atoms with Crippen molar-refractivity contribution in [3.05, 3.63) is 52.5 Å². The highest BCUT2D eigenvalue weighted by molar-refractivity contribution is 9.10. The molecule has 0 radical (unpaired) electrons. The van der Waals surface area contributed by atoms with Crippen molar-refractivity contribution in [1.29, 1.82) is 0 Å². The molecular weight excluding hydrogens is 276 g/mol. The van der Waals surface area contributed by atoms with E-state index in [1.807, 2.05) is 35.0 Å². The molecule has 1 aromatic heterocycles. The van der Waals surface area contributed by atoms with Gasteiger partial charge >= 0.3 is 0 Å². The molecule has 0 saturated heterocycles. The zero-order valence-corrected chi connectivity index (χ0v) is 11.4. The molecule has 0 unspecified atom stereocenters. The molecule has 0 bridgehead atoms. The Morgan fingerprint density at radius 1 is 1.35 bits per heavy atom. The van der Waals surface area contributed by atoms with Crippen LogP contribution in [0.25, 0.3) is 0 Å². The van der Waals surface area contributed by atoms with Crippen LogP contribution in [0.2, 0.25) is 0 Å². The first kappa shape index (κ1) is 11.9. The molecule has 2 rings (SSSR count). The summed E-state index contributed by atoms with van der Waals surface area (Å²) in [5.74, 6) is 4.50. The molecule has 0 atom stereocenters. The molecule has 86 valence electrons. The van der Waals surface area contributed by atoms with Crippen molar-refractivity contribution in [3.8, 4) is 12.0 Å². The Morgan fingerprint density at radius 3 is 2.88 bits per heavy atom. The molecule has 0 N–H and O–H groups in total. The number of nitrogens with zero attached hydrogens (tertiary/aromatic N) is 2. The Balaban J connectivity index is 2.30. The predicted octanol–water partition coefficient (Wildman–Crippen LogP) is 3.63. The van der Waals surface area contributed by atoms with Crippen LogP contribution in [0.15, 0.2) is 41.1 Å². The van der Waals surface area contributed by atoms with Crippen molar-refractivity contribution in [3.63, 3.8) is 0 Å². The average molecular weight is 289 g/mol. The number of aromatic nitrogens is 2. The van der Waals surface area contributed by atoms with Crippen molar-refractivity contribution in [2.24, 2.45) is 0 Å². The zero-order chi connectivity index (χ0) is 12.3. The number of benzene rings is 1. The second kappa shape index (κ2) is 5.20. The highest BCUT2D eigenvalue weighted by Crippen LogP contribution is 2.12. The third-order valence-corrected chi connectivity index (χ3v) is 2.82. The highest BCUT2D eigenvalue weighted by Gasteiger charge is 2.04. The van der Waals surface area contributed by atoms with E-state index in [2.05, 4.69) is 46.7 Å². The maximum atomic E-state index is 4.30. The van der Waals surface area contributed by atoms with Gasteiger partial charge in [-0.1, -0.05) is 35.8 Å². The normalized spacial score (nSPS) is 10.1. The fourth-order valence-corrected chi connectivity index (χ4v) is 1.93. The lowest BCUT2D eigenvalue weighted by molar-refractivity contribution is 0.760. The molecule has 0 amide bonds. The van der Waals surface area contributed by atoms with Gasteiger partial charge in [0, 0.05) is 34.4 Å². The van der Waals surface area contributed by atoms with Crippen LogP contribution in [0.1, 0.15) is 31.2 Å². The molecule has 1 heterocycles. The van der Waals surface area contributed by atoms with Crippen molar-refractivity contribution < 1.29 is 0 Å². The van der Waals surface area contributed by atoms with Gasteiger partial charge in [0.15, 0.2) is 0 Å². The van der Waals surface area contributed by atoms with E-state index >= 15 is 0 Å². The van der Waals surface area contributed by atoms with Crippen molar-refractivity contribution in [2.75, 3.05) is 0 Å². The first-order valence-electron chi connectivity index (χ1n) is 5.47. The quantitative estimate of drug-likeness (QED) is 0.733. The number of hydrogen-bond donors (Lipinski definition) is 0. The van der Waals surface area contributed by atoms with Gasteiger partial charge < -0.3 is 0 Å². The van der Waals surface area contributed by atoms with Crippen LogP contribution in [-0.2, 0) is 0 Å². The van der Waals surface area contributed by atoms with Crippen LogP contribution in [0.5, 0.6) is 0 Å². The van der Waals surface area contributed by atoms with Gasteiger partial charge in [-0.15, -0.1) is 0 Å². The van der Waals surface area contributed by atoms with E-state index in [4.69, 9.17) is 0 Å². The van der Waals surface area contributed by atoms with E-state index in [9.17, 15) is 0 Å². The minimum atomic E-state index is 0.377. The van der Waals surface area contributed by atoms with Gasteiger partial charge in [-0.2, -0.15) is 0 Å². The maximum Gasteiger partial charge on any atom is 0.122 e. The van der Waals surface area contributed by atoms with Crippen molar-refractivity contribution >= 4 is 15.9 Å². The Kier molecular flexibility index (Phi) is 3.65. The summed E-state index contributed by atoms with van der Waals surface area (Å²) in [6.45, 7) is 4.22. The van der Waals surface area contributed by atoms with Crippen LogP contribution in [-0.4, -0.2) is 9.55 Å². The maximum absolute atomic E-state index is 4.30. The molecule has 0 fully saturated rings. The molecule has 2 nitrogen and oxygen atoms in total. The summed E-state index contributed by atoms with van der Waals surface area (Å²) in [5.41, 5.74) is 0.989. The first-order valence-corrected chi connectivity index (χ1v) is 6.27. The zero-order valence-electron chi connectivity index (χ0n) is 9.81. The Bertz CT molecular complexity index is 573. The van der Waals surface area contributed by atoms with E-state index in [0.717, 1.165) is 15.9 Å². The molecule has 0 aliphatic carbocycles. The van der Waals surface area contributed by atoms with Gasteiger partial charge in [-0.3, -0.25) is 4.57 Å². The number of rotatable bonds is 1. The summed E-state index contributed by atoms with van der Waals surface area (Å²) in [4.78, 5) is 4.30. The lowest BCUT2D eigenvalue weighted by atomic mass is 10.2. The van der Waals surface area contributed by atoms with E-state index in [1.54, 1.807) is 6.20 Å². The van der Waals surface area contributed by atoms with Gasteiger partial charge in [-0.25, -0.2) is 4.98 Å². The van der Waals surface area contributed by atoms with Crippen LogP contribution >= 0.6 is 15.9 Å². The molecule has 0 aliphatic rings. The SMILES string of the molecule is CC(C)c1nccn1C#Cc1cccc(Br)c1. The Morgan fingerprint density at radius 2 is 2.18 bits per heavy atom. The fraction of sp³-hybridized carbons (Fsp3) is 0.214. The third-order valence-electron chi connectivity index (χ3n) is 2.33. The topological polar surface area (TPSA) is 17.8 Å². The van der Waals surface area contributed by atoms with Crippen LogP contribution in [0.3, 0.4) is 0 Å². The van der Waals surface area contributed by atoms with Gasteiger partial charge in [0.2, 0.25) is 0 Å². The van der Waals surface area contributed by atoms with E-state index in [1.165, 1.54) is 0 Å². The van der Waals surface area contributed by atoms with Gasteiger partial charge in [0.1, 0.15) is 5.82 Å². The fourth-order valence-electron chi connectivity index (χ4n) is 1.53. The smallest absolute Gasteiger partial charge is 0.122 e. The molecule has 0 aliphatic heterocycles. The molecule has 1 aromatic carbocycles. The first-order chi connectivity index (χ1) is 8.16. The summed E-state index contributed by atoms with van der Waals surface area (Å²) in [6, 6.07) is 11.1. The van der Waals surface area contributed by atoms with E-state index in [0.29, 0.717) is 5.92 Å². The lowest BCUT2D eigenvalue weighted by Gasteiger charge is -2.02. The van der Waals surface area contributed by atoms with Gasteiger partial charge in [-0.05, 0) is 24.1 Å². The molecule has 0 spiro atoms. The largest absolute Gasteiger partial charge is 0.262 e. The standard InChI is InChI=1S/C14H13BrN2/c1-11(2)14-16-7-9-17(14)8-6-12-4-3-5-13(15)10-12/h3-5,7,9-11H,1-2H3. The molecular formula is C14H13BrN2. The lowest BCUT2D eigenvalue weighted by Crippen LogP contribution is -1.99. The van der Waals surface area contributed by atoms with Crippen molar-refractivity contribution in [1.82, 2.24) is 9.55 Å². The molecule has 2 aromatic rings. The van der Waals surface area contributed by atoms with Gasteiger partial charge in [0.25, 0.3) is 0 Å². The molecule has 0 saturated carbocycles. The highest BCUT2D eigenvalue weighted by atomic mass is 79.9. The van der Waals surface area contributed by atoms with Crippen LogP contribution in [0, 0.1) is 12.0 Å². The monoisotopic (exact) mass is 288 g/mol. The van der Waals surface area contributed by atoms with E-state index in [-0.39, 0.29) is 0 Å². The minimum absolute atomic E-state index is 0.377. The summed E-state index contributed by atoms with van der Waals surface area (Å²) in [5, 5.41) is 0. The van der Waals surface area contributed by atoms with Crippen LogP contribution < -0.4 is 0 Å². The van der Waals surface area contributed by atoms with E-state index < -0.39 is 0 Å². The summed E-state index contributed by atoms with van der Waals surface area (Å²) < 4.78 is 2.92. The summed E-state index contributed by atoms with van der Waals surface area (Å²) >= 11 is 3.43. The molecule has 3 heteroatoms. The average Bonchev–Trinajstić information content (AvgIpc) is 2.74. The number of halogens is 1. The second-order valence-electron chi connectivity index (χ2n) is 4.06. The van der Waals surface area contributed by atoms with Gasteiger partial charge in [0.05, 0.1) is 0 Å². The Hall–Kier alpha value is -1.53. The van der Waals surface area contributed by atoms with Crippen LogP contribution in [0.4, 0.5) is 0 Å². The summed E-state index contributed by atoms with van der Waals surface area (Å²) in [6.07, 6.45) is 3.67. The second-order valence-corrected chi connectivity index (χ2v) is 4.97. The predicted molar refractivity (Wildman–Crippen MR) is 72.7 cm³/mol. The number of hydrogen-bond acceptors (Lipinski definition) is 1. The number of imidazole rings is 1. The molecule has 17 heavy (non-hydrogen) atoms. The minimum Gasteiger partial charge on any atom is -0.262 e. The third kappa shape index (κ3) is 2.98.